The molecule has 0 heterocycles. The minimum absolute atomic E-state index is 0.965. The van der Waals surface area contributed by atoms with Gasteiger partial charge in [0.15, 0.2) is 0 Å². The predicted octanol–water partition coefficient (Wildman–Crippen LogP) is 6.02. The molecule has 0 radical (unpaired) electrons. The topological polar surface area (TPSA) is 0 Å². The first-order valence-electron chi connectivity index (χ1n) is 7.12. The van der Waals surface area contributed by atoms with Crippen LogP contribution >= 0.6 is 15.9 Å². The number of hydrogen-bond acceptors (Lipinski definition) is 0. The van der Waals surface area contributed by atoms with Crippen molar-refractivity contribution in [3.8, 4) is 11.1 Å². The number of benzene rings is 3. The molecule has 0 saturated carbocycles. The van der Waals surface area contributed by atoms with E-state index in [1.54, 1.807) is 0 Å². The van der Waals surface area contributed by atoms with Crippen molar-refractivity contribution in [3.63, 3.8) is 0 Å². The zero-order chi connectivity index (χ0) is 14.7. The summed E-state index contributed by atoms with van der Waals surface area (Å²) < 4.78 is 1.11. The molecule has 0 atom stereocenters. The van der Waals surface area contributed by atoms with Gasteiger partial charge in [-0.1, -0.05) is 82.2 Å². The molecular weight excluding hydrogens is 320 g/mol. The van der Waals surface area contributed by atoms with Crippen molar-refractivity contribution < 1.29 is 0 Å². The summed E-state index contributed by atoms with van der Waals surface area (Å²) in [5.41, 5.74) is 6.60. The SMILES string of the molecule is Cc1ccc(Cc2ccccc2-c2ccc(Br)cc2)cc1. The quantitative estimate of drug-likeness (QED) is 0.548. The highest BCUT2D eigenvalue weighted by molar-refractivity contribution is 9.10. The van der Waals surface area contributed by atoms with Gasteiger partial charge in [0.1, 0.15) is 0 Å². The summed E-state index contributed by atoms with van der Waals surface area (Å²) >= 11 is 3.50. The van der Waals surface area contributed by atoms with Crippen molar-refractivity contribution in [1.29, 1.82) is 0 Å². The van der Waals surface area contributed by atoms with E-state index in [0.717, 1.165) is 10.9 Å². The molecule has 0 aliphatic heterocycles. The molecule has 0 nitrogen and oxygen atoms in total. The van der Waals surface area contributed by atoms with Gasteiger partial charge in [-0.3, -0.25) is 0 Å². The van der Waals surface area contributed by atoms with E-state index in [9.17, 15) is 0 Å². The predicted molar refractivity (Wildman–Crippen MR) is 93.6 cm³/mol. The monoisotopic (exact) mass is 336 g/mol. The van der Waals surface area contributed by atoms with Crippen molar-refractivity contribution >= 4 is 15.9 Å². The largest absolute Gasteiger partial charge is 0.0619 e. The molecule has 0 aromatic heterocycles. The molecular formula is C20H17Br. The third-order valence-corrected chi connectivity index (χ3v) is 4.22. The summed E-state index contributed by atoms with van der Waals surface area (Å²) in [6.45, 7) is 2.12. The van der Waals surface area contributed by atoms with Crippen molar-refractivity contribution in [2.24, 2.45) is 0 Å². The maximum absolute atomic E-state index is 3.50. The third-order valence-electron chi connectivity index (χ3n) is 3.69. The average Bonchev–Trinajstić information content (AvgIpc) is 2.51. The van der Waals surface area contributed by atoms with E-state index >= 15 is 0 Å². The molecule has 104 valence electrons. The van der Waals surface area contributed by atoms with Crippen LogP contribution in [0.4, 0.5) is 0 Å². The van der Waals surface area contributed by atoms with Gasteiger partial charge >= 0.3 is 0 Å². The molecule has 0 saturated heterocycles. The molecule has 0 aliphatic rings. The molecule has 0 aliphatic carbocycles. The normalized spacial score (nSPS) is 10.6. The Bertz CT molecular complexity index is 725. The van der Waals surface area contributed by atoms with Crippen LogP contribution in [-0.4, -0.2) is 0 Å². The van der Waals surface area contributed by atoms with E-state index in [2.05, 4.69) is 95.7 Å². The van der Waals surface area contributed by atoms with Crippen LogP contribution in [0.2, 0.25) is 0 Å². The molecule has 3 aromatic carbocycles. The lowest BCUT2D eigenvalue weighted by atomic mass is 9.95. The summed E-state index contributed by atoms with van der Waals surface area (Å²) in [4.78, 5) is 0. The van der Waals surface area contributed by atoms with Gasteiger partial charge in [-0.25, -0.2) is 0 Å². The first kappa shape index (κ1) is 14.1. The molecule has 0 spiro atoms. The second-order valence-corrected chi connectivity index (χ2v) is 6.24. The van der Waals surface area contributed by atoms with Crippen LogP contribution in [0.5, 0.6) is 0 Å². The van der Waals surface area contributed by atoms with Crippen molar-refractivity contribution in [2.45, 2.75) is 13.3 Å². The molecule has 1 heteroatoms. The Labute approximate surface area is 134 Å². The Kier molecular flexibility index (Phi) is 4.21. The first-order valence-corrected chi connectivity index (χ1v) is 7.91. The highest BCUT2D eigenvalue weighted by Crippen LogP contribution is 2.27. The van der Waals surface area contributed by atoms with Gasteiger partial charge in [0, 0.05) is 4.47 Å². The van der Waals surface area contributed by atoms with Crippen molar-refractivity contribution in [3.05, 3.63) is 94.0 Å². The number of hydrogen-bond donors (Lipinski definition) is 0. The summed E-state index contributed by atoms with van der Waals surface area (Å²) in [6, 6.07) is 26.0. The Balaban J connectivity index is 1.96. The molecule has 21 heavy (non-hydrogen) atoms. The highest BCUT2D eigenvalue weighted by atomic mass is 79.9. The van der Waals surface area contributed by atoms with Gasteiger partial charge in [-0.15, -0.1) is 0 Å². The Morgan fingerprint density at radius 1 is 0.762 bits per heavy atom. The molecule has 0 fully saturated rings. The van der Waals surface area contributed by atoms with Crippen LogP contribution in [0.1, 0.15) is 16.7 Å². The van der Waals surface area contributed by atoms with Crippen LogP contribution in [0, 0.1) is 6.92 Å². The summed E-state index contributed by atoms with van der Waals surface area (Å²) in [7, 11) is 0. The maximum atomic E-state index is 3.50. The lowest BCUT2D eigenvalue weighted by Gasteiger charge is -2.10. The molecule has 0 bridgehead atoms. The average molecular weight is 337 g/mol. The number of aryl methyl sites for hydroxylation is 1. The van der Waals surface area contributed by atoms with Crippen LogP contribution in [0.3, 0.4) is 0 Å². The Morgan fingerprint density at radius 3 is 2.14 bits per heavy atom. The minimum atomic E-state index is 0.965. The third kappa shape index (κ3) is 3.43. The van der Waals surface area contributed by atoms with E-state index in [1.807, 2.05) is 0 Å². The second kappa shape index (κ2) is 6.28. The molecule has 0 N–H and O–H groups in total. The number of rotatable bonds is 3. The maximum Gasteiger partial charge on any atom is 0.0175 e. The van der Waals surface area contributed by atoms with Gasteiger partial charge in [-0.2, -0.15) is 0 Å². The number of halogens is 1. The Morgan fingerprint density at radius 2 is 1.43 bits per heavy atom. The summed E-state index contributed by atoms with van der Waals surface area (Å²) in [6.07, 6.45) is 0.965. The fourth-order valence-electron chi connectivity index (χ4n) is 2.51. The minimum Gasteiger partial charge on any atom is -0.0619 e. The molecule has 3 aromatic rings. The van der Waals surface area contributed by atoms with E-state index in [4.69, 9.17) is 0 Å². The van der Waals surface area contributed by atoms with Crippen LogP contribution in [-0.2, 0) is 6.42 Å². The van der Waals surface area contributed by atoms with Crippen LogP contribution < -0.4 is 0 Å². The van der Waals surface area contributed by atoms with E-state index in [-0.39, 0.29) is 0 Å². The highest BCUT2D eigenvalue weighted by Gasteiger charge is 2.05. The van der Waals surface area contributed by atoms with Gasteiger partial charge in [0.25, 0.3) is 0 Å². The second-order valence-electron chi connectivity index (χ2n) is 5.33. The van der Waals surface area contributed by atoms with Gasteiger partial charge in [0.05, 0.1) is 0 Å². The lowest BCUT2D eigenvalue weighted by Crippen LogP contribution is -1.92. The summed E-state index contributed by atoms with van der Waals surface area (Å²) in [5.74, 6) is 0. The molecule has 0 amide bonds. The zero-order valence-electron chi connectivity index (χ0n) is 12.0. The Hall–Kier alpha value is -1.86. The zero-order valence-corrected chi connectivity index (χ0v) is 13.6. The molecule has 0 unspecified atom stereocenters. The van der Waals surface area contributed by atoms with Crippen molar-refractivity contribution in [2.75, 3.05) is 0 Å². The van der Waals surface area contributed by atoms with E-state index in [0.29, 0.717) is 0 Å². The van der Waals surface area contributed by atoms with Crippen LogP contribution in [0.25, 0.3) is 11.1 Å². The van der Waals surface area contributed by atoms with E-state index in [1.165, 1.54) is 27.8 Å². The fourth-order valence-corrected chi connectivity index (χ4v) is 2.78. The smallest absolute Gasteiger partial charge is 0.0175 e. The van der Waals surface area contributed by atoms with Gasteiger partial charge in [-0.05, 0) is 47.7 Å². The summed E-state index contributed by atoms with van der Waals surface area (Å²) in [5, 5.41) is 0. The molecule has 3 rings (SSSR count). The van der Waals surface area contributed by atoms with Crippen LogP contribution in [0.15, 0.2) is 77.3 Å². The van der Waals surface area contributed by atoms with Crippen molar-refractivity contribution in [1.82, 2.24) is 0 Å². The lowest BCUT2D eigenvalue weighted by molar-refractivity contribution is 1.19. The fraction of sp³-hybridized carbons (Fsp3) is 0.100. The standard InChI is InChI=1S/C20H17Br/c1-15-6-8-16(9-7-15)14-18-4-2-3-5-20(18)17-10-12-19(21)13-11-17/h2-13H,14H2,1H3. The van der Waals surface area contributed by atoms with Gasteiger partial charge < -0.3 is 0 Å². The first-order chi connectivity index (χ1) is 10.2. The van der Waals surface area contributed by atoms with E-state index < -0.39 is 0 Å². The van der Waals surface area contributed by atoms with Gasteiger partial charge in [0.2, 0.25) is 0 Å².